The Kier molecular flexibility index (Phi) is 4.80. The summed E-state index contributed by atoms with van der Waals surface area (Å²) in [4.78, 5) is 13.9. The SMILES string of the molecule is NC(Cc1ccccc1Cl)C(=O)N1CCC(O)CC1. The number of piperidine rings is 1. The molecule has 1 aliphatic heterocycles. The van der Waals surface area contributed by atoms with Gasteiger partial charge >= 0.3 is 0 Å². The summed E-state index contributed by atoms with van der Waals surface area (Å²) in [6.07, 6.45) is 1.41. The molecule has 3 N–H and O–H groups in total. The third kappa shape index (κ3) is 3.69. The molecule has 0 aliphatic carbocycles. The van der Waals surface area contributed by atoms with Gasteiger partial charge in [0.15, 0.2) is 0 Å². The summed E-state index contributed by atoms with van der Waals surface area (Å²) >= 11 is 6.06. The predicted molar refractivity (Wildman–Crippen MR) is 75.0 cm³/mol. The minimum Gasteiger partial charge on any atom is -0.393 e. The smallest absolute Gasteiger partial charge is 0.239 e. The van der Waals surface area contributed by atoms with E-state index in [0.29, 0.717) is 37.4 Å². The predicted octanol–water partition coefficient (Wildman–Crippen LogP) is 1.19. The number of hydrogen-bond donors (Lipinski definition) is 2. The van der Waals surface area contributed by atoms with Gasteiger partial charge in [0, 0.05) is 18.1 Å². The molecule has 1 unspecified atom stereocenters. The number of rotatable bonds is 3. The normalized spacial score (nSPS) is 18.4. The van der Waals surface area contributed by atoms with Crippen LogP contribution in [0.5, 0.6) is 0 Å². The van der Waals surface area contributed by atoms with Gasteiger partial charge in [0.1, 0.15) is 0 Å². The number of aliphatic hydroxyl groups excluding tert-OH is 1. The lowest BCUT2D eigenvalue weighted by Crippen LogP contribution is -2.48. The molecular weight excluding hydrogens is 264 g/mol. The number of hydrogen-bond acceptors (Lipinski definition) is 3. The molecule has 0 radical (unpaired) electrons. The van der Waals surface area contributed by atoms with Crippen molar-refractivity contribution in [2.24, 2.45) is 5.73 Å². The number of carbonyl (C=O) groups excluding carboxylic acids is 1. The van der Waals surface area contributed by atoms with E-state index in [2.05, 4.69) is 0 Å². The molecule has 1 amide bonds. The van der Waals surface area contributed by atoms with Crippen molar-refractivity contribution >= 4 is 17.5 Å². The van der Waals surface area contributed by atoms with Gasteiger partial charge in [-0.05, 0) is 30.9 Å². The summed E-state index contributed by atoms with van der Waals surface area (Å²) in [5.41, 5.74) is 6.86. The van der Waals surface area contributed by atoms with Crippen LogP contribution in [0.2, 0.25) is 5.02 Å². The van der Waals surface area contributed by atoms with Crippen LogP contribution in [0.1, 0.15) is 18.4 Å². The van der Waals surface area contributed by atoms with E-state index < -0.39 is 6.04 Å². The Bertz CT molecular complexity index is 445. The van der Waals surface area contributed by atoms with Gasteiger partial charge in [-0.25, -0.2) is 0 Å². The van der Waals surface area contributed by atoms with Crippen LogP contribution < -0.4 is 5.73 Å². The number of carbonyl (C=O) groups is 1. The lowest BCUT2D eigenvalue weighted by atomic mass is 10.0. The first-order chi connectivity index (χ1) is 9.08. The van der Waals surface area contributed by atoms with Crippen molar-refractivity contribution in [3.8, 4) is 0 Å². The van der Waals surface area contributed by atoms with Crippen LogP contribution >= 0.6 is 11.6 Å². The summed E-state index contributed by atoms with van der Waals surface area (Å²) in [5, 5.41) is 10.1. The summed E-state index contributed by atoms with van der Waals surface area (Å²) in [5.74, 6) is -0.0631. The molecule has 19 heavy (non-hydrogen) atoms. The zero-order valence-electron chi connectivity index (χ0n) is 10.8. The molecule has 1 atom stereocenters. The largest absolute Gasteiger partial charge is 0.393 e. The second-order valence-electron chi connectivity index (χ2n) is 4.96. The van der Waals surface area contributed by atoms with E-state index in [0.717, 1.165) is 5.56 Å². The first-order valence-electron chi connectivity index (χ1n) is 6.54. The Hall–Kier alpha value is -1.10. The van der Waals surface area contributed by atoms with Gasteiger partial charge in [0.05, 0.1) is 12.1 Å². The molecule has 1 heterocycles. The molecule has 1 aliphatic rings. The van der Waals surface area contributed by atoms with Gasteiger partial charge < -0.3 is 15.7 Å². The summed E-state index contributed by atoms with van der Waals surface area (Å²) in [7, 11) is 0. The second kappa shape index (κ2) is 6.37. The number of aliphatic hydroxyl groups is 1. The number of nitrogens with zero attached hydrogens (tertiary/aromatic N) is 1. The highest BCUT2D eigenvalue weighted by Gasteiger charge is 2.25. The molecule has 1 aromatic rings. The van der Waals surface area contributed by atoms with Crippen LogP contribution in [0, 0.1) is 0 Å². The molecule has 0 aromatic heterocycles. The number of amides is 1. The maximum atomic E-state index is 12.2. The van der Waals surface area contributed by atoms with Crippen LogP contribution in [0.25, 0.3) is 0 Å². The quantitative estimate of drug-likeness (QED) is 0.875. The summed E-state index contributed by atoms with van der Waals surface area (Å²) in [6, 6.07) is 6.84. The topological polar surface area (TPSA) is 66.6 Å². The van der Waals surface area contributed by atoms with Crippen molar-refractivity contribution in [1.29, 1.82) is 0 Å². The average molecular weight is 283 g/mol. The fourth-order valence-electron chi connectivity index (χ4n) is 2.31. The van der Waals surface area contributed by atoms with Crippen molar-refractivity contribution in [3.63, 3.8) is 0 Å². The third-order valence-corrected chi connectivity index (χ3v) is 3.86. The highest BCUT2D eigenvalue weighted by Crippen LogP contribution is 2.17. The minimum absolute atomic E-state index is 0.0631. The highest BCUT2D eigenvalue weighted by atomic mass is 35.5. The Labute approximate surface area is 118 Å². The second-order valence-corrected chi connectivity index (χ2v) is 5.37. The van der Waals surface area contributed by atoms with E-state index in [1.807, 2.05) is 18.2 Å². The van der Waals surface area contributed by atoms with E-state index in [-0.39, 0.29) is 12.0 Å². The highest BCUT2D eigenvalue weighted by molar-refractivity contribution is 6.31. The van der Waals surface area contributed by atoms with E-state index in [9.17, 15) is 9.90 Å². The fraction of sp³-hybridized carbons (Fsp3) is 0.500. The monoisotopic (exact) mass is 282 g/mol. The van der Waals surface area contributed by atoms with Crippen LogP contribution in [-0.4, -0.2) is 41.1 Å². The Balaban J connectivity index is 1.94. The molecule has 5 heteroatoms. The number of halogens is 1. The van der Waals surface area contributed by atoms with Crippen molar-refractivity contribution in [3.05, 3.63) is 34.9 Å². The van der Waals surface area contributed by atoms with Gasteiger partial charge in [-0.15, -0.1) is 0 Å². The molecule has 0 spiro atoms. The number of benzene rings is 1. The minimum atomic E-state index is -0.574. The maximum absolute atomic E-state index is 12.2. The van der Waals surface area contributed by atoms with Gasteiger partial charge in [0.25, 0.3) is 0 Å². The van der Waals surface area contributed by atoms with E-state index in [1.165, 1.54) is 0 Å². The molecule has 0 saturated carbocycles. The van der Waals surface area contributed by atoms with Crippen molar-refractivity contribution in [2.75, 3.05) is 13.1 Å². The molecule has 1 aromatic carbocycles. The number of nitrogens with two attached hydrogens (primary N) is 1. The zero-order chi connectivity index (χ0) is 13.8. The van der Waals surface area contributed by atoms with E-state index in [1.54, 1.807) is 11.0 Å². The molecule has 1 fully saturated rings. The standard InChI is InChI=1S/C14H19ClN2O2/c15-12-4-2-1-3-10(12)9-13(16)14(19)17-7-5-11(18)6-8-17/h1-4,11,13,18H,5-9,16H2. The van der Waals surface area contributed by atoms with Gasteiger partial charge in [-0.2, -0.15) is 0 Å². The van der Waals surface area contributed by atoms with Crippen molar-refractivity contribution < 1.29 is 9.90 Å². The third-order valence-electron chi connectivity index (χ3n) is 3.49. The van der Waals surface area contributed by atoms with E-state index >= 15 is 0 Å². The molecular formula is C14H19ClN2O2. The molecule has 1 saturated heterocycles. The van der Waals surface area contributed by atoms with Crippen LogP contribution in [0.15, 0.2) is 24.3 Å². The molecule has 104 valence electrons. The molecule has 4 nitrogen and oxygen atoms in total. The summed E-state index contributed by atoms with van der Waals surface area (Å²) < 4.78 is 0. The summed E-state index contributed by atoms with van der Waals surface area (Å²) in [6.45, 7) is 1.16. The first kappa shape index (κ1) is 14.3. The van der Waals surface area contributed by atoms with Crippen LogP contribution in [0.4, 0.5) is 0 Å². The van der Waals surface area contributed by atoms with Crippen molar-refractivity contribution in [1.82, 2.24) is 4.90 Å². The average Bonchev–Trinajstić information content (AvgIpc) is 2.41. The van der Waals surface area contributed by atoms with E-state index in [4.69, 9.17) is 17.3 Å². The van der Waals surface area contributed by atoms with Gasteiger partial charge in [-0.1, -0.05) is 29.8 Å². The lowest BCUT2D eigenvalue weighted by molar-refractivity contribution is -0.134. The Morgan fingerprint density at radius 1 is 1.42 bits per heavy atom. The number of likely N-dealkylation sites (tertiary alicyclic amines) is 1. The van der Waals surface area contributed by atoms with Gasteiger partial charge in [0.2, 0.25) is 5.91 Å². The van der Waals surface area contributed by atoms with Crippen LogP contribution in [0.3, 0.4) is 0 Å². The molecule has 0 bridgehead atoms. The fourth-order valence-corrected chi connectivity index (χ4v) is 2.52. The lowest BCUT2D eigenvalue weighted by Gasteiger charge is -2.31. The van der Waals surface area contributed by atoms with Gasteiger partial charge in [-0.3, -0.25) is 4.79 Å². The zero-order valence-corrected chi connectivity index (χ0v) is 11.5. The maximum Gasteiger partial charge on any atom is 0.239 e. The first-order valence-corrected chi connectivity index (χ1v) is 6.91. The Morgan fingerprint density at radius 2 is 2.05 bits per heavy atom. The van der Waals surface area contributed by atoms with Crippen LogP contribution in [-0.2, 0) is 11.2 Å². The Morgan fingerprint density at radius 3 is 2.68 bits per heavy atom. The molecule has 2 rings (SSSR count). The van der Waals surface area contributed by atoms with Crippen molar-refractivity contribution in [2.45, 2.75) is 31.4 Å².